The van der Waals surface area contributed by atoms with E-state index < -0.39 is 11.8 Å². The number of carbonyl (C=O) groups is 3. The average molecular weight is 268 g/mol. The maximum Gasteiger partial charge on any atom is 0.311 e. The number of fused-ring (bicyclic) bond motifs is 1. The van der Waals surface area contributed by atoms with Gasteiger partial charge in [-0.15, -0.1) is 0 Å². The number of likely N-dealkylation sites (tertiary alicyclic amines) is 1. The molecule has 2 atom stereocenters. The summed E-state index contributed by atoms with van der Waals surface area (Å²) in [5.74, 6) is -0.744. The molecule has 2 fully saturated rings. The topological polar surface area (TPSA) is 105 Å². The highest BCUT2D eigenvalue weighted by atomic mass is 16.2. The van der Waals surface area contributed by atoms with Crippen molar-refractivity contribution in [3.05, 3.63) is 0 Å². The highest BCUT2D eigenvalue weighted by Gasteiger charge is 2.36. The van der Waals surface area contributed by atoms with Crippen molar-refractivity contribution in [2.75, 3.05) is 26.2 Å². The summed E-state index contributed by atoms with van der Waals surface area (Å²) in [6.07, 6.45) is 2.00. The number of hydrogen-bond acceptors (Lipinski definition) is 4. The van der Waals surface area contributed by atoms with Crippen molar-refractivity contribution in [3.63, 3.8) is 0 Å². The molecule has 2 saturated heterocycles. The molecule has 0 spiro atoms. The summed E-state index contributed by atoms with van der Waals surface area (Å²) in [5.41, 5.74) is 5.28. The number of amides is 3. The van der Waals surface area contributed by atoms with E-state index in [1.807, 2.05) is 0 Å². The highest BCUT2D eigenvalue weighted by molar-refractivity contribution is 6.35. The van der Waals surface area contributed by atoms with Gasteiger partial charge in [0.1, 0.15) is 0 Å². The van der Waals surface area contributed by atoms with Crippen LogP contribution in [-0.2, 0) is 14.4 Å². The Kier molecular flexibility index (Phi) is 4.36. The maximum atomic E-state index is 11.9. The Hall–Kier alpha value is -1.63. The van der Waals surface area contributed by atoms with Crippen LogP contribution in [0.1, 0.15) is 19.3 Å². The molecule has 106 valence electrons. The summed E-state index contributed by atoms with van der Waals surface area (Å²) in [6.45, 7) is 1.67. The van der Waals surface area contributed by atoms with Crippen LogP contribution in [0.25, 0.3) is 0 Å². The van der Waals surface area contributed by atoms with Gasteiger partial charge in [-0.2, -0.15) is 0 Å². The van der Waals surface area contributed by atoms with E-state index in [1.165, 1.54) is 0 Å². The summed E-state index contributed by atoms with van der Waals surface area (Å²) in [7, 11) is 0. The van der Waals surface area contributed by atoms with Gasteiger partial charge in [0.25, 0.3) is 0 Å². The fourth-order valence-electron chi connectivity index (χ4n) is 2.70. The number of piperidine rings is 2. The molecular weight excluding hydrogens is 248 g/mol. The third-order valence-electron chi connectivity index (χ3n) is 3.73. The molecule has 7 nitrogen and oxygen atoms in total. The van der Waals surface area contributed by atoms with Crippen molar-refractivity contribution in [2.24, 2.45) is 11.7 Å². The number of rotatable bonds is 2. The highest BCUT2D eigenvalue weighted by Crippen LogP contribution is 2.25. The number of nitrogens with one attached hydrogen (secondary N) is 2. The maximum absolute atomic E-state index is 11.9. The van der Waals surface area contributed by atoms with Crippen LogP contribution in [0.2, 0.25) is 0 Å². The Bertz CT molecular complexity index is 385. The molecule has 2 aliphatic rings. The monoisotopic (exact) mass is 268 g/mol. The summed E-state index contributed by atoms with van der Waals surface area (Å²) in [5, 5.41) is 5.43. The van der Waals surface area contributed by atoms with E-state index in [-0.39, 0.29) is 17.9 Å². The Morgan fingerprint density at radius 1 is 1.42 bits per heavy atom. The Balaban J connectivity index is 1.88. The van der Waals surface area contributed by atoms with Gasteiger partial charge in [0, 0.05) is 38.6 Å². The molecule has 3 amide bonds. The lowest BCUT2D eigenvalue weighted by molar-refractivity contribution is -0.147. The van der Waals surface area contributed by atoms with E-state index in [9.17, 15) is 14.4 Å². The molecule has 0 radical (unpaired) electrons. The van der Waals surface area contributed by atoms with E-state index >= 15 is 0 Å². The van der Waals surface area contributed by atoms with Gasteiger partial charge >= 0.3 is 11.8 Å². The van der Waals surface area contributed by atoms with Gasteiger partial charge in [-0.25, -0.2) is 0 Å². The Morgan fingerprint density at radius 2 is 2.21 bits per heavy atom. The zero-order valence-electron chi connectivity index (χ0n) is 10.9. The van der Waals surface area contributed by atoms with Crippen LogP contribution >= 0.6 is 0 Å². The molecule has 0 bridgehead atoms. The lowest BCUT2D eigenvalue weighted by atomic mass is 9.85. The van der Waals surface area contributed by atoms with Gasteiger partial charge in [0.05, 0.1) is 0 Å². The third kappa shape index (κ3) is 3.23. The van der Waals surface area contributed by atoms with Crippen molar-refractivity contribution in [1.29, 1.82) is 0 Å². The van der Waals surface area contributed by atoms with Gasteiger partial charge in [-0.05, 0) is 18.8 Å². The van der Waals surface area contributed by atoms with Crippen LogP contribution in [0.5, 0.6) is 0 Å². The van der Waals surface area contributed by atoms with Crippen molar-refractivity contribution in [1.82, 2.24) is 15.5 Å². The lowest BCUT2D eigenvalue weighted by Crippen LogP contribution is -2.57. The summed E-state index contributed by atoms with van der Waals surface area (Å²) in [6, 6.07) is 0.150. The molecule has 0 aromatic heterocycles. The Morgan fingerprint density at radius 3 is 2.95 bits per heavy atom. The molecule has 7 heteroatoms. The smallest absolute Gasteiger partial charge is 0.311 e. The van der Waals surface area contributed by atoms with E-state index in [0.29, 0.717) is 39.0 Å². The predicted molar refractivity (Wildman–Crippen MR) is 67.9 cm³/mol. The number of nitrogens with two attached hydrogens (primary N) is 1. The third-order valence-corrected chi connectivity index (χ3v) is 3.73. The molecule has 2 heterocycles. The summed E-state index contributed by atoms with van der Waals surface area (Å²) >= 11 is 0. The van der Waals surface area contributed by atoms with Gasteiger partial charge in [0.2, 0.25) is 5.91 Å². The molecular formula is C12H20N4O3. The lowest BCUT2D eigenvalue weighted by Gasteiger charge is -2.41. The average Bonchev–Trinajstić information content (AvgIpc) is 2.43. The molecule has 0 aromatic rings. The molecule has 0 saturated carbocycles. The molecule has 4 N–H and O–H groups in total. The minimum Gasteiger partial charge on any atom is -0.353 e. The summed E-state index contributed by atoms with van der Waals surface area (Å²) in [4.78, 5) is 36.4. The van der Waals surface area contributed by atoms with Crippen LogP contribution < -0.4 is 16.4 Å². The van der Waals surface area contributed by atoms with E-state index in [2.05, 4.69) is 10.6 Å². The first-order valence-electron chi connectivity index (χ1n) is 6.68. The molecule has 19 heavy (non-hydrogen) atoms. The van der Waals surface area contributed by atoms with E-state index in [4.69, 9.17) is 5.73 Å². The first-order chi connectivity index (χ1) is 9.11. The Labute approximate surface area is 111 Å². The minimum absolute atomic E-state index is 0.0849. The fourth-order valence-corrected chi connectivity index (χ4v) is 2.70. The van der Waals surface area contributed by atoms with Gasteiger partial charge < -0.3 is 21.3 Å². The quantitative estimate of drug-likeness (QED) is 0.513. The first kappa shape index (κ1) is 13.8. The van der Waals surface area contributed by atoms with Crippen molar-refractivity contribution in [2.45, 2.75) is 25.3 Å². The summed E-state index contributed by atoms with van der Waals surface area (Å²) < 4.78 is 0. The molecule has 0 aliphatic carbocycles. The normalized spacial score (nSPS) is 26.4. The molecule has 2 unspecified atom stereocenters. The van der Waals surface area contributed by atoms with Crippen LogP contribution in [0.3, 0.4) is 0 Å². The van der Waals surface area contributed by atoms with Gasteiger partial charge in [-0.3, -0.25) is 14.4 Å². The second-order valence-corrected chi connectivity index (χ2v) is 5.06. The van der Waals surface area contributed by atoms with Gasteiger partial charge in [0.15, 0.2) is 0 Å². The zero-order chi connectivity index (χ0) is 13.8. The number of nitrogens with zero attached hydrogens (tertiary/aromatic N) is 1. The van der Waals surface area contributed by atoms with Crippen LogP contribution in [0.15, 0.2) is 0 Å². The molecule has 2 aliphatic heterocycles. The first-order valence-corrected chi connectivity index (χ1v) is 6.68. The predicted octanol–water partition coefficient (Wildman–Crippen LogP) is -1.81. The van der Waals surface area contributed by atoms with Crippen LogP contribution in [-0.4, -0.2) is 54.8 Å². The van der Waals surface area contributed by atoms with Crippen molar-refractivity contribution >= 4 is 17.7 Å². The van der Waals surface area contributed by atoms with Crippen LogP contribution in [0, 0.1) is 5.92 Å². The standard InChI is InChI=1S/C12H20N4O3/c13-4-5-14-11(18)12(19)16-6-3-9-8(7-16)1-2-10(17)15-9/h8-9H,1-7,13H2,(H,14,18)(H,15,17). The van der Waals surface area contributed by atoms with Crippen molar-refractivity contribution < 1.29 is 14.4 Å². The second-order valence-electron chi connectivity index (χ2n) is 5.06. The second kappa shape index (κ2) is 6.01. The SMILES string of the molecule is NCCNC(=O)C(=O)N1CCC2NC(=O)CCC2C1. The molecule has 0 aromatic carbocycles. The van der Waals surface area contributed by atoms with Crippen LogP contribution in [0.4, 0.5) is 0 Å². The largest absolute Gasteiger partial charge is 0.353 e. The number of hydrogen-bond donors (Lipinski definition) is 3. The van der Waals surface area contributed by atoms with Crippen molar-refractivity contribution in [3.8, 4) is 0 Å². The van der Waals surface area contributed by atoms with E-state index in [1.54, 1.807) is 4.90 Å². The van der Waals surface area contributed by atoms with Gasteiger partial charge in [-0.1, -0.05) is 0 Å². The van der Waals surface area contributed by atoms with E-state index in [0.717, 1.165) is 6.42 Å². The fraction of sp³-hybridized carbons (Fsp3) is 0.750. The number of carbonyl (C=O) groups excluding carboxylic acids is 3. The minimum atomic E-state index is -0.594. The molecule has 2 rings (SSSR count). The zero-order valence-corrected chi connectivity index (χ0v) is 10.9.